The first-order valence-corrected chi connectivity index (χ1v) is 4.23. The van der Waals surface area contributed by atoms with Gasteiger partial charge in [0.25, 0.3) is 0 Å². The Labute approximate surface area is 61.8 Å². The fourth-order valence-corrected chi connectivity index (χ4v) is 2.59. The Kier molecular flexibility index (Phi) is 1.27. The van der Waals surface area contributed by atoms with Gasteiger partial charge in [-0.2, -0.15) is 12.6 Å². The molecule has 2 heteroatoms. The van der Waals surface area contributed by atoms with Crippen molar-refractivity contribution >= 4 is 12.6 Å². The summed E-state index contributed by atoms with van der Waals surface area (Å²) in [5, 5.41) is 0. The van der Waals surface area contributed by atoms with E-state index in [9.17, 15) is 0 Å². The minimum atomic E-state index is 0.333. The Morgan fingerprint density at radius 2 is 1.67 bits per heavy atom. The molecule has 2 saturated heterocycles. The summed E-state index contributed by atoms with van der Waals surface area (Å²) < 4.78 is 0. The zero-order valence-electron chi connectivity index (χ0n) is 5.64. The second kappa shape index (κ2) is 1.89. The third-order valence-electron chi connectivity index (χ3n) is 2.60. The van der Waals surface area contributed by atoms with Crippen LogP contribution in [0.25, 0.3) is 0 Å². The molecule has 2 rings (SSSR count). The first kappa shape index (κ1) is 6.05. The van der Waals surface area contributed by atoms with Gasteiger partial charge in [-0.15, -0.1) is 0 Å². The molecule has 52 valence electrons. The lowest BCUT2D eigenvalue weighted by Crippen LogP contribution is -2.31. The molecule has 0 aromatic rings. The quantitative estimate of drug-likeness (QED) is 0.503. The molecule has 9 heavy (non-hydrogen) atoms. The van der Waals surface area contributed by atoms with E-state index in [4.69, 9.17) is 0 Å². The normalized spacial score (nSPS) is 33.0. The third-order valence-corrected chi connectivity index (χ3v) is 3.33. The van der Waals surface area contributed by atoms with E-state index in [2.05, 4.69) is 17.5 Å². The van der Waals surface area contributed by atoms with Crippen LogP contribution in [0.15, 0.2) is 0 Å². The van der Waals surface area contributed by atoms with E-state index in [0.717, 1.165) is 0 Å². The van der Waals surface area contributed by atoms with Crippen LogP contribution in [0.3, 0.4) is 0 Å². The van der Waals surface area contributed by atoms with Crippen LogP contribution < -0.4 is 0 Å². The molecule has 0 amide bonds. The van der Waals surface area contributed by atoms with Gasteiger partial charge in [-0.25, -0.2) is 0 Å². The Morgan fingerprint density at radius 1 is 1.11 bits per heavy atom. The van der Waals surface area contributed by atoms with Crippen LogP contribution >= 0.6 is 12.6 Å². The lowest BCUT2D eigenvalue weighted by atomic mass is 10.1. The molecule has 0 spiro atoms. The van der Waals surface area contributed by atoms with Crippen molar-refractivity contribution in [2.45, 2.75) is 30.6 Å². The van der Waals surface area contributed by atoms with E-state index >= 15 is 0 Å². The van der Waals surface area contributed by atoms with Crippen molar-refractivity contribution in [3.05, 3.63) is 0 Å². The van der Waals surface area contributed by atoms with Gasteiger partial charge in [0.05, 0.1) is 4.87 Å². The van der Waals surface area contributed by atoms with Crippen molar-refractivity contribution in [2.24, 2.45) is 0 Å². The van der Waals surface area contributed by atoms with Crippen LogP contribution in [0.2, 0.25) is 0 Å². The zero-order valence-corrected chi connectivity index (χ0v) is 6.53. The summed E-state index contributed by atoms with van der Waals surface area (Å²) in [7, 11) is 0. The molecule has 0 N–H and O–H groups in total. The molecule has 0 radical (unpaired) electrons. The third kappa shape index (κ3) is 0.802. The van der Waals surface area contributed by atoms with Crippen molar-refractivity contribution in [3.8, 4) is 0 Å². The minimum Gasteiger partial charge on any atom is -0.289 e. The molecule has 2 aliphatic rings. The average molecular weight is 143 g/mol. The maximum atomic E-state index is 4.66. The van der Waals surface area contributed by atoms with Gasteiger partial charge in [0.2, 0.25) is 0 Å². The van der Waals surface area contributed by atoms with Gasteiger partial charge in [0.1, 0.15) is 0 Å². The highest BCUT2D eigenvalue weighted by Crippen LogP contribution is 2.41. The molecule has 0 aromatic heterocycles. The lowest BCUT2D eigenvalue weighted by Gasteiger charge is -2.25. The molecule has 0 aliphatic carbocycles. The molecule has 1 nitrogen and oxygen atoms in total. The number of nitrogens with zero attached hydrogens (tertiary/aromatic N) is 1. The van der Waals surface area contributed by atoms with E-state index < -0.39 is 0 Å². The zero-order chi connectivity index (χ0) is 6.32. The molecule has 2 aliphatic heterocycles. The topological polar surface area (TPSA) is 3.24 Å². The predicted octanol–water partition coefficient (Wildman–Crippen LogP) is 1.50. The van der Waals surface area contributed by atoms with E-state index in [-0.39, 0.29) is 0 Å². The SMILES string of the molecule is SC12CCCN1CCC2. The smallest absolute Gasteiger partial charge is 0.0641 e. The second-order valence-electron chi connectivity index (χ2n) is 3.18. The highest BCUT2D eigenvalue weighted by atomic mass is 32.1. The monoisotopic (exact) mass is 143 g/mol. The minimum absolute atomic E-state index is 0.333. The molecule has 0 aromatic carbocycles. The fraction of sp³-hybridized carbons (Fsp3) is 1.00. The van der Waals surface area contributed by atoms with E-state index in [1.54, 1.807) is 0 Å². The Hall–Kier alpha value is 0.310. The predicted molar refractivity (Wildman–Crippen MR) is 41.8 cm³/mol. The molecule has 0 unspecified atom stereocenters. The molecule has 0 atom stereocenters. The molecular formula is C7H13NS. The lowest BCUT2D eigenvalue weighted by molar-refractivity contribution is 0.296. The largest absolute Gasteiger partial charge is 0.289 e. The van der Waals surface area contributed by atoms with Crippen LogP contribution in [0, 0.1) is 0 Å². The fourth-order valence-electron chi connectivity index (χ4n) is 2.08. The second-order valence-corrected chi connectivity index (χ2v) is 4.01. The highest BCUT2D eigenvalue weighted by molar-refractivity contribution is 7.81. The number of hydrogen-bond donors (Lipinski definition) is 1. The maximum Gasteiger partial charge on any atom is 0.0641 e. The van der Waals surface area contributed by atoms with Crippen molar-refractivity contribution in [2.75, 3.05) is 13.1 Å². The summed E-state index contributed by atoms with van der Waals surface area (Å²) in [6.07, 6.45) is 5.36. The van der Waals surface area contributed by atoms with Crippen LogP contribution in [0.5, 0.6) is 0 Å². The van der Waals surface area contributed by atoms with Gasteiger partial charge >= 0.3 is 0 Å². The van der Waals surface area contributed by atoms with Gasteiger partial charge in [-0.1, -0.05) is 0 Å². The standard InChI is InChI=1S/C7H13NS/c9-7-3-1-5-8(7)6-2-4-7/h9H,1-6H2. The van der Waals surface area contributed by atoms with E-state index in [1.807, 2.05) is 0 Å². The first-order valence-electron chi connectivity index (χ1n) is 3.79. The molecule has 0 saturated carbocycles. The van der Waals surface area contributed by atoms with Crippen LogP contribution in [-0.4, -0.2) is 22.9 Å². The Balaban J connectivity index is 2.17. The van der Waals surface area contributed by atoms with Gasteiger partial charge in [-0.05, 0) is 38.8 Å². The summed E-state index contributed by atoms with van der Waals surface area (Å²) in [5.41, 5.74) is 0. The number of hydrogen-bond acceptors (Lipinski definition) is 2. The Morgan fingerprint density at radius 3 is 2.11 bits per heavy atom. The van der Waals surface area contributed by atoms with E-state index in [1.165, 1.54) is 38.8 Å². The van der Waals surface area contributed by atoms with Crippen molar-refractivity contribution in [1.82, 2.24) is 4.90 Å². The molecule has 2 fully saturated rings. The maximum absolute atomic E-state index is 4.66. The van der Waals surface area contributed by atoms with Gasteiger partial charge in [0, 0.05) is 0 Å². The van der Waals surface area contributed by atoms with Crippen LogP contribution in [-0.2, 0) is 0 Å². The van der Waals surface area contributed by atoms with Crippen molar-refractivity contribution in [1.29, 1.82) is 0 Å². The number of rotatable bonds is 0. The summed E-state index contributed by atoms with van der Waals surface area (Å²) in [4.78, 5) is 2.86. The van der Waals surface area contributed by atoms with Gasteiger partial charge in [-0.3, -0.25) is 4.90 Å². The average Bonchev–Trinajstić information content (AvgIpc) is 2.22. The first-order chi connectivity index (χ1) is 4.31. The summed E-state index contributed by atoms with van der Waals surface area (Å²) in [5.74, 6) is 0. The highest BCUT2D eigenvalue weighted by Gasteiger charge is 2.40. The van der Waals surface area contributed by atoms with E-state index in [0.29, 0.717) is 4.87 Å². The van der Waals surface area contributed by atoms with Gasteiger partial charge in [0.15, 0.2) is 0 Å². The molecule has 2 heterocycles. The van der Waals surface area contributed by atoms with Crippen molar-refractivity contribution < 1.29 is 0 Å². The summed E-state index contributed by atoms with van der Waals surface area (Å²) >= 11 is 4.66. The molecular weight excluding hydrogens is 130 g/mol. The summed E-state index contributed by atoms with van der Waals surface area (Å²) in [6.45, 7) is 2.59. The molecule has 0 bridgehead atoms. The van der Waals surface area contributed by atoms with Crippen LogP contribution in [0.4, 0.5) is 0 Å². The van der Waals surface area contributed by atoms with Gasteiger partial charge < -0.3 is 0 Å². The number of fused-ring (bicyclic) bond motifs is 1. The Bertz CT molecular complexity index is 114. The summed E-state index contributed by atoms with van der Waals surface area (Å²) in [6, 6.07) is 0. The van der Waals surface area contributed by atoms with Crippen LogP contribution in [0.1, 0.15) is 25.7 Å². The van der Waals surface area contributed by atoms with Crippen molar-refractivity contribution in [3.63, 3.8) is 0 Å². The number of thiol groups is 1.